The Balaban J connectivity index is 2.63. The molecule has 1 heteroatoms. The van der Waals surface area contributed by atoms with Crippen LogP contribution in [-0.2, 0) is 0 Å². The first kappa shape index (κ1) is 8.82. The first-order valence-corrected chi connectivity index (χ1v) is 4.63. The van der Waals surface area contributed by atoms with Crippen LogP contribution in [0.2, 0.25) is 0 Å². The van der Waals surface area contributed by atoms with Gasteiger partial charge in [-0.3, -0.25) is 0 Å². The van der Waals surface area contributed by atoms with Crippen LogP contribution in [-0.4, -0.2) is 5.11 Å². The predicted molar refractivity (Wildman–Crippen MR) is 58.3 cm³/mol. The van der Waals surface area contributed by atoms with Crippen LogP contribution in [0.25, 0.3) is 11.1 Å². The summed E-state index contributed by atoms with van der Waals surface area (Å²) in [6.45, 7) is 2.00. The van der Waals surface area contributed by atoms with Gasteiger partial charge in [-0.2, -0.15) is 0 Å². The van der Waals surface area contributed by atoms with E-state index in [1.165, 1.54) is 0 Å². The van der Waals surface area contributed by atoms with Gasteiger partial charge in [0.1, 0.15) is 5.75 Å². The van der Waals surface area contributed by atoms with E-state index in [1.807, 2.05) is 49.4 Å². The lowest BCUT2D eigenvalue weighted by molar-refractivity contribution is 0.477. The molecular formula is C13H12O. The number of hydrogen-bond donors (Lipinski definition) is 1. The van der Waals surface area contributed by atoms with Crippen LogP contribution < -0.4 is 0 Å². The largest absolute Gasteiger partial charge is 0.507 e. The van der Waals surface area contributed by atoms with Gasteiger partial charge >= 0.3 is 0 Å². The van der Waals surface area contributed by atoms with Gasteiger partial charge in [0, 0.05) is 5.56 Å². The minimum Gasteiger partial charge on any atom is -0.507 e. The monoisotopic (exact) mass is 184 g/mol. The molecule has 14 heavy (non-hydrogen) atoms. The molecular weight excluding hydrogens is 172 g/mol. The molecule has 0 aliphatic rings. The summed E-state index contributed by atoms with van der Waals surface area (Å²) in [6, 6.07) is 15.5. The first-order chi connectivity index (χ1) is 6.79. The molecule has 0 aliphatic heterocycles. The third kappa shape index (κ3) is 1.49. The zero-order valence-corrected chi connectivity index (χ0v) is 8.07. The maximum absolute atomic E-state index is 9.74. The summed E-state index contributed by atoms with van der Waals surface area (Å²) in [4.78, 5) is 0. The van der Waals surface area contributed by atoms with Gasteiger partial charge in [-0.25, -0.2) is 0 Å². The molecule has 0 heterocycles. The lowest BCUT2D eigenvalue weighted by atomic mass is 10.00. The molecule has 1 N–H and O–H groups in total. The van der Waals surface area contributed by atoms with Crippen molar-refractivity contribution in [3.05, 3.63) is 54.1 Å². The molecule has 1 nitrogen and oxygen atoms in total. The number of phenolic OH excluding ortho intramolecular Hbond substituents is 1. The molecule has 0 saturated heterocycles. The lowest BCUT2D eigenvalue weighted by Gasteiger charge is -2.07. The van der Waals surface area contributed by atoms with E-state index in [0.29, 0.717) is 5.75 Å². The summed E-state index contributed by atoms with van der Waals surface area (Å²) in [5, 5.41) is 9.74. The maximum Gasteiger partial charge on any atom is 0.123 e. The molecule has 0 unspecified atom stereocenters. The number of aryl methyl sites for hydroxylation is 1. The molecule has 2 rings (SSSR count). The lowest BCUT2D eigenvalue weighted by Crippen LogP contribution is -1.83. The van der Waals surface area contributed by atoms with Gasteiger partial charge in [0.15, 0.2) is 0 Å². The summed E-state index contributed by atoms with van der Waals surface area (Å²) in [7, 11) is 0. The highest BCUT2D eigenvalue weighted by atomic mass is 16.3. The number of aromatic hydroxyl groups is 1. The summed E-state index contributed by atoms with van der Waals surface area (Å²) in [5.41, 5.74) is 3.08. The van der Waals surface area contributed by atoms with Crippen LogP contribution >= 0.6 is 0 Å². The molecule has 0 saturated carbocycles. The van der Waals surface area contributed by atoms with Crippen molar-refractivity contribution in [3.8, 4) is 16.9 Å². The van der Waals surface area contributed by atoms with Gasteiger partial charge in [0.05, 0.1) is 0 Å². The van der Waals surface area contributed by atoms with E-state index in [-0.39, 0.29) is 0 Å². The Morgan fingerprint density at radius 1 is 0.857 bits per heavy atom. The number of hydrogen-bond acceptors (Lipinski definition) is 1. The van der Waals surface area contributed by atoms with Gasteiger partial charge in [-0.1, -0.05) is 42.5 Å². The Labute approximate surface area is 83.6 Å². The summed E-state index contributed by atoms with van der Waals surface area (Å²) in [5.74, 6) is 0.344. The molecule has 2 aromatic rings. The zero-order valence-electron chi connectivity index (χ0n) is 8.07. The predicted octanol–water partition coefficient (Wildman–Crippen LogP) is 3.37. The highest BCUT2D eigenvalue weighted by Crippen LogP contribution is 2.31. The molecule has 0 spiro atoms. The highest BCUT2D eigenvalue weighted by Gasteiger charge is 2.05. The van der Waals surface area contributed by atoms with Gasteiger partial charge in [-0.05, 0) is 24.1 Å². The molecule has 70 valence electrons. The number of benzene rings is 2. The van der Waals surface area contributed by atoms with E-state index in [4.69, 9.17) is 0 Å². The minimum atomic E-state index is 0.344. The van der Waals surface area contributed by atoms with Crippen molar-refractivity contribution in [2.75, 3.05) is 0 Å². The Hall–Kier alpha value is -1.76. The van der Waals surface area contributed by atoms with E-state index in [2.05, 4.69) is 0 Å². The van der Waals surface area contributed by atoms with E-state index >= 15 is 0 Å². The minimum absolute atomic E-state index is 0.344. The van der Waals surface area contributed by atoms with Crippen LogP contribution in [0.15, 0.2) is 48.5 Å². The molecule has 0 bridgehead atoms. The van der Waals surface area contributed by atoms with Gasteiger partial charge in [-0.15, -0.1) is 0 Å². The molecule has 0 atom stereocenters. The van der Waals surface area contributed by atoms with Crippen LogP contribution in [0, 0.1) is 6.92 Å². The molecule has 0 aliphatic carbocycles. The van der Waals surface area contributed by atoms with E-state index < -0.39 is 0 Å². The van der Waals surface area contributed by atoms with Gasteiger partial charge < -0.3 is 5.11 Å². The topological polar surface area (TPSA) is 20.2 Å². The second kappa shape index (κ2) is 3.54. The van der Waals surface area contributed by atoms with Crippen molar-refractivity contribution in [2.24, 2.45) is 0 Å². The second-order valence-corrected chi connectivity index (χ2v) is 3.34. The molecule has 2 aromatic carbocycles. The van der Waals surface area contributed by atoms with Gasteiger partial charge in [0.25, 0.3) is 0 Å². The normalized spacial score (nSPS) is 10.1. The maximum atomic E-state index is 9.74. The first-order valence-electron chi connectivity index (χ1n) is 4.63. The molecule has 0 radical (unpaired) electrons. The van der Waals surface area contributed by atoms with E-state index in [9.17, 15) is 5.11 Å². The summed E-state index contributed by atoms with van der Waals surface area (Å²) in [6.07, 6.45) is 0. The summed E-state index contributed by atoms with van der Waals surface area (Å²) >= 11 is 0. The fraction of sp³-hybridized carbons (Fsp3) is 0.0769. The third-order valence-electron chi connectivity index (χ3n) is 2.31. The summed E-state index contributed by atoms with van der Waals surface area (Å²) < 4.78 is 0. The van der Waals surface area contributed by atoms with Crippen LogP contribution in [0.1, 0.15) is 5.56 Å². The quantitative estimate of drug-likeness (QED) is 0.720. The molecule has 0 aromatic heterocycles. The zero-order chi connectivity index (χ0) is 9.97. The van der Waals surface area contributed by atoms with Gasteiger partial charge in [0.2, 0.25) is 0 Å². The standard InChI is InChI=1S/C13H12O/c1-10-6-5-9-12(14)13(10)11-7-3-2-4-8-11/h2-9,14H,1H3. The van der Waals surface area contributed by atoms with Crippen molar-refractivity contribution >= 4 is 0 Å². The van der Waals surface area contributed by atoms with E-state index in [1.54, 1.807) is 6.07 Å². The fourth-order valence-corrected chi connectivity index (χ4v) is 1.63. The molecule has 0 fully saturated rings. The SMILES string of the molecule is Cc1cccc(O)c1-c1ccccc1. The Kier molecular flexibility index (Phi) is 2.23. The van der Waals surface area contributed by atoms with Crippen molar-refractivity contribution in [1.82, 2.24) is 0 Å². The Morgan fingerprint density at radius 2 is 1.57 bits per heavy atom. The van der Waals surface area contributed by atoms with Crippen LogP contribution in [0.4, 0.5) is 0 Å². The van der Waals surface area contributed by atoms with Crippen molar-refractivity contribution in [2.45, 2.75) is 6.92 Å². The number of phenols is 1. The number of rotatable bonds is 1. The molecule has 0 amide bonds. The Morgan fingerprint density at radius 3 is 2.21 bits per heavy atom. The third-order valence-corrected chi connectivity index (χ3v) is 2.31. The van der Waals surface area contributed by atoms with E-state index in [0.717, 1.165) is 16.7 Å². The van der Waals surface area contributed by atoms with Crippen molar-refractivity contribution in [3.63, 3.8) is 0 Å². The van der Waals surface area contributed by atoms with Crippen molar-refractivity contribution in [1.29, 1.82) is 0 Å². The van der Waals surface area contributed by atoms with Crippen molar-refractivity contribution < 1.29 is 5.11 Å². The second-order valence-electron chi connectivity index (χ2n) is 3.34. The fourth-order valence-electron chi connectivity index (χ4n) is 1.63. The average molecular weight is 184 g/mol. The average Bonchev–Trinajstić information content (AvgIpc) is 2.19. The van der Waals surface area contributed by atoms with Crippen LogP contribution in [0.3, 0.4) is 0 Å². The van der Waals surface area contributed by atoms with Crippen LogP contribution in [0.5, 0.6) is 5.75 Å². The smallest absolute Gasteiger partial charge is 0.123 e. The Bertz CT molecular complexity index is 412. The highest BCUT2D eigenvalue weighted by molar-refractivity contribution is 5.73.